The fourth-order valence-corrected chi connectivity index (χ4v) is 1.94. The van der Waals surface area contributed by atoms with Gasteiger partial charge in [-0.1, -0.05) is 6.08 Å². The second-order valence-corrected chi connectivity index (χ2v) is 4.15. The Morgan fingerprint density at radius 3 is 3.24 bits per heavy atom. The molecule has 1 saturated heterocycles. The number of hydrogen-bond donors (Lipinski definition) is 1. The lowest BCUT2D eigenvalue weighted by Gasteiger charge is -2.21. The van der Waals surface area contributed by atoms with E-state index in [0.29, 0.717) is 25.0 Å². The number of rotatable bonds is 3. The molecule has 2 heterocycles. The van der Waals surface area contributed by atoms with Crippen molar-refractivity contribution in [2.45, 2.75) is 13.3 Å². The molecule has 0 aromatic rings. The van der Waals surface area contributed by atoms with Gasteiger partial charge in [0.1, 0.15) is 5.10 Å². The molecular formula is C10H15N5O2. The van der Waals surface area contributed by atoms with E-state index in [4.69, 9.17) is 0 Å². The zero-order valence-corrected chi connectivity index (χ0v) is 9.67. The lowest BCUT2D eigenvalue weighted by atomic mass is 10.0. The molecular weight excluding hydrogens is 222 g/mol. The first-order valence-corrected chi connectivity index (χ1v) is 5.58. The van der Waals surface area contributed by atoms with E-state index in [1.165, 1.54) is 0 Å². The molecule has 0 radical (unpaired) electrons. The van der Waals surface area contributed by atoms with E-state index in [-0.39, 0.29) is 0 Å². The lowest BCUT2D eigenvalue weighted by Crippen LogP contribution is -2.35. The maximum Gasteiger partial charge on any atom is 0.271 e. The minimum Gasteiger partial charge on any atom is -0.349 e. The summed E-state index contributed by atoms with van der Waals surface area (Å²) >= 11 is 0. The van der Waals surface area contributed by atoms with Gasteiger partial charge in [0.15, 0.2) is 5.03 Å². The van der Waals surface area contributed by atoms with Gasteiger partial charge in [0.2, 0.25) is 0 Å². The third-order valence-corrected chi connectivity index (χ3v) is 2.80. The summed E-state index contributed by atoms with van der Waals surface area (Å²) in [5.74, 6) is 0.658. The van der Waals surface area contributed by atoms with Crippen molar-refractivity contribution < 1.29 is 5.03 Å². The van der Waals surface area contributed by atoms with Crippen LogP contribution in [0, 0.1) is 16.0 Å². The average molecular weight is 237 g/mol. The molecule has 2 rings (SSSR count). The van der Waals surface area contributed by atoms with Crippen LogP contribution in [0.4, 0.5) is 0 Å². The van der Waals surface area contributed by atoms with Crippen molar-refractivity contribution in [2.24, 2.45) is 16.0 Å². The van der Waals surface area contributed by atoms with Gasteiger partial charge in [0.25, 0.3) is 5.96 Å². The van der Waals surface area contributed by atoms with E-state index in [2.05, 4.69) is 21.5 Å². The predicted octanol–water partition coefficient (Wildman–Crippen LogP) is 0.434. The van der Waals surface area contributed by atoms with Gasteiger partial charge in [-0.2, -0.15) is 0 Å². The van der Waals surface area contributed by atoms with Crippen molar-refractivity contribution in [3.8, 4) is 0 Å². The van der Waals surface area contributed by atoms with Crippen molar-refractivity contribution >= 4 is 12.2 Å². The van der Waals surface area contributed by atoms with Crippen molar-refractivity contribution in [1.82, 2.24) is 10.2 Å². The summed E-state index contributed by atoms with van der Waals surface area (Å²) in [6.07, 6.45) is 4.92. The van der Waals surface area contributed by atoms with Crippen molar-refractivity contribution in [2.75, 3.05) is 19.6 Å². The fourth-order valence-electron chi connectivity index (χ4n) is 1.94. The molecule has 0 amide bonds. The van der Waals surface area contributed by atoms with E-state index >= 15 is 0 Å². The van der Waals surface area contributed by atoms with Crippen LogP contribution in [0.5, 0.6) is 0 Å². The Hall–Kier alpha value is -1.92. The van der Waals surface area contributed by atoms with Gasteiger partial charge in [-0.05, 0) is 13.3 Å². The number of hydrazone groups is 1. The predicted molar refractivity (Wildman–Crippen MR) is 64.4 cm³/mol. The minimum absolute atomic E-state index is 0.301. The van der Waals surface area contributed by atoms with Crippen LogP contribution in [0.2, 0.25) is 0 Å². The molecule has 17 heavy (non-hydrogen) atoms. The van der Waals surface area contributed by atoms with Gasteiger partial charge >= 0.3 is 0 Å². The number of guanidine groups is 1. The monoisotopic (exact) mass is 237 g/mol. The largest absolute Gasteiger partial charge is 0.349 e. The molecule has 0 saturated carbocycles. The fraction of sp³-hybridized carbons (Fsp3) is 0.600. The molecule has 0 aromatic heterocycles. The van der Waals surface area contributed by atoms with E-state index in [1.807, 2.05) is 18.0 Å². The summed E-state index contributed by atoms with van der Waals surface area (Å²) in [6, 6.07) is 0. The summed E-state index contributed by atoms with van der Waals surface area (Å²) in [5.41, 5.74) is 1.03. The van der Waals surface area contributed by atoms with Gasteiger partial charge < -0.3 is 10.2 Å². The highest BCUT2D eigenvalue weighted by molar-refractivity contribution is 5.81. The Balaban J connectivity index is 1.95. The molecule has 0 aromatic carbocycles. The summed E-state index contributed by atoms with van der Waals surface area (Å²) < 4.78 is 0. The summed E-state index contributed by atoms with van der Waals surface area (Å²) in [7, 11) is 0. The number of nitrogens with zero attached hydrogens (tertiary/aromatic N) is 4. The van der Waals surface area contributed by atoms with E-state index < -0.39 is 5.03 Å². The quantitative estimate of drug-likeness (QED) is 0.570. The molecule has 1 fully saturated rings. The van der Waals surface area contributed by atoms with Gasteiger partial charge in [0, 0.05) is 37.5 Å². The van der Waals surface area contributed by atoms with Crippen molar-refractivity contribution in [3.63, 3.8) is 0 Å². The first kappa shape index (κ1) is 11.6. The molecule has 1 N–H and O–H groups in total. The molecule has 92 valence electrons. The Kier molecular flexibility index (Phi) is 3.36. The zero-order valence-electron chi connectivity index (χ0n) is 9.67. The standard InChI is InChI=1S/C10H15N5O2/c1-8-2-3-9(6-12-8)7-14-5-4-11-10(14)13-15(16)17/h2,6,9H,3-5,7H2,1H3,(H,11,13). The molecule has 7 heteroatoms. The topological polar surface area (TPSA) is 83.1 Å². The Morgan fingerprint density at radius 1 is 1.76 bits per heavy atom. The number of aliphatic imine (C=N–C) groups is 1. The first-order valence-electron chi connectivity index (χ1n) is 5.58. The molecule has 1 unspecified atom stereocenters. The SMILES string of the molecule is CC1=CCC(CN2CCN/C2=N\[N+](=O)[O-])C=N1. The third-order valence-electron chi connectivity index (χ3n) is 2.80. The van der Waals surface area contributed by atoms with Crippen LogP contribution in [0.25, 0.3) is 0 Å². The minimum atomic E-state index is -0.667. The number of hydrogen-bond acceptors (Lipinski definition) is 3. The lowest BCUT2D eigenvalue weighted by molar-refractivity contribution is -0.485. The normalized spacial score (nSPS) is 25.9. The number of nitro groups is 1. The summed E-state index contributed by atoms with van der Waals surface area (Å²) in [6.45, 7) is 4.13. The highest BCUT2D eigenvalue weighted by Gasteiger charge is 2.24. The molecule has 0 spiro atoms. The van der Waals surface area contributed by atoms with E-state index in [1.54, 1.807) is 0 Å². The highest BCUT2D eigenvalue weighted by Crippen LogP contribution is 2.14. The summed E-state index contributed by atoms with van der Waals surface area (Å²) in [4.78, 5) is 16.5. The zero-order chi connectivity index (χ0) is 12.3. The highest BCUT2D eigenvalue weighted by atomic mass is 16.7. The second-order valence-electron chi connectivity index (χ2n) is 4.15. The van der Waals surface area contributed by atoms with Crippen LogP contribution in [0.3, 0.4) is 0 Å². The Bertz CT molecular complexity index is 402. The molecule has 7 nitrogen and oxygen atoms in total. The molecule has 0 aliphatic carbocycles. The second kappa shape index (κ2) is 4.94. The van der Waals surface area contributed by atoms with Gasteiger partial charge in [-0.15, -0.1) is 0 Å². The van der Waals surface area contributed by atoms with Gasteiger partial charge in [0.05, 0.1) is 0 Å². The van der Waals surface area contributed by atoms with Crippen LogP contribution in [0.1, 0.15) is 13.3 Å². The maximum absolute atomic E-state index is 10.4. The van der Waals surface area contributed by atoms with Crippen molar-refractivity contribution in [3.05, 3.63) is 21.9 Å². The Labute approximate surface area is 99.0 Å². The Morgan fingerprint density at radius 2 is 2.59 bits per heavy atom. The third kappa shape index (κ3) is 3.02. The molecule has 2 aliphatic rings. The molecule has 0 bridgehead atoms. The first-order chi connectivity index (χ1) is 8.15. The number of allylic oxidation sites excluding steroid dienone is 2. The van der Waals surface area contributed by atoms with E-state index in [0.717, 1.165) is 18.7 Å². The average Bonchev–Trinajstić information content (AvgIpc) is 2.68. The maximum atomic E-state index is 10.4. The van der Waals surface area contributed by atoms with Crippen LogP contribution in [-0.2, 0) is 0 Å². The van der Waals surface area contributed by atoms with Crippen molar-refractivity contribution in [1.29, 1.82) is 0 Å². The van der Waals surface area contributed by atoms with E-state index in [9.17, 15) is 10.1 Å². The number of nitrogens with one attached hydrogen (secondary N) is 1. The smallest absolute Gasteiger partial charge is 0.271 e. The molecule has 1 atom stereocenters. The van der Waals surface area contributed by atoms with Crippen LogP contribution >= 0.6 is 0 Å². The summed E-state index contributed by atoms with van der Waals surface area (Å²) in [5, 5.41) is 15.9. The molecule has 2 aliphatic heterocycles. The van der Waals surface area contributed by atoms with Crippen LogP contribution < -0.4 is 5.32 Å². The van der Waals surface area contributed by atoms with Crippen LogP contribution in [-0.4, -0.2) is 41.7 Å². The van der Waals surface area contributed by atoms with Gasteiger partial charge in [-0.25, -0.2) is 10.1 Å². The van der Waals surface area contributed by atoms with Gasteiger partial charge in [-0.3, -0.25) is 4.99 Å². The van der Waals surface area contributed by atoms with Crippen LogP contribution in [0.15, 0.2) is 21.9 Å².